The van der Waals surface area contributed by atoms with Crippen LogP contribution in [0.15, 0.2) is 18.2 Å². The molecule has 0 aliphatic heterocycles. The van der Waals surface area contributed by atoms with E-state index < -0.39 is 21.7 Å². The molecule has 0 spiro atoms. The molecule has 96 valence electrons. The fourth-order valence-corrected chi connectivity index (χ4v) is 2.33. The van der Waals surface area contributed by atoms with E-state index in [0.29, 0.717) is 5.75 Å². The average molecular weight is 262 g/mol. The van der Waals surface area contributed by atoms with Crippen LogP contribution in [0.4, 0.5) is 4.39 Å². The fourth-order valence-electron chi connectivity index (χ4n) is 1.45. The molecule has 1 atom stereocenters. The van der Waals surface area contributed by atoms with Crippen molar-refractivity contribution in [2.75, 3.05) is 19.1 Å². The van der Waals surface area contributed by atoms with E-state index in [1.54, 1.807) is 6.07 Å². The Morgan fingerprint density at radius 3 is 2.59 bits per heavy atom. The third kappa shape index (κ3) is 3.95. The number of nitrogens with one attached hydrogen (secondary N) is 1. The summed E-state index contributed by atoms with van der Waals surface area (Å²) >= 11 is 0. The molecular weight excluding hydrogens is 247 g/mol. The second-order valence-corrected chi connectivity index (χ2v) is 5.88. The normalized spacial score (nSPS) is 13.4. The maximum atomic E-state index is 13.7. The van der Waals surface area contributed by atoms with E-state index in [9.17, 15) is 12.8 Å². The molecule has 17 heavy (non-hydrogen) atoms. The second kappa shape index (κ2) is 5.44. The van der Waals surface area contributed by atoms with Crippen molar-refractivity contribution in [3.63, 3.8) is 0 Å². The van der Waals surface area contributed by atoms with E-state index in [4.69, 9.17) is 10.6 Å². The molecule has 1 aromatic rings. The van der Waals surface area contributed by atoms with Gasteiger partial charge in [-0.15, -0.1) is 0 Å². The SMILES string of the molecule is COc1ccc(C(CS(C)(=O)=O)NN)c(F)c1. The Balaban J connectivity index is 3.04. The van der Waals surface area contributed by atoms with Crippen LogP contribution in [-0.2, 0) is 9.84 Å². The van der Waals surface area contributed by atoms with Crippen molar-refractivity contribution in [1.82, 2.24) is 5.43 Å². The van der Waals surface area contributed by atoms with E-state index in [1.807, 2.05) is 0 Å². The minimum atomic E-state index is -3.26. The predicted octanol–water partition coefficient (Wildman–Crippen LogP) is 0.383. The summed E-state index contributed by atoms with van der Waals surface area (Å²) in [6.07, 6.45) is 1.07. The van der Waals surface area contributed by atoms with Gasteiger partial charge in [-0.2, -0.15) is 0 Å². The van der Waals surface area contributed by atoms with Gasteiger partial charge in [-0.1, -0.05) is 6.07 Å². The Kier molecular flexibility index (Phi) is 4.44. The van der Waals surface area contributed by atoms with Gasteiger partial charge in [0.1, 0.15) is 21.4 Å². The van der Waals surface area contributed by atoms with Crippen LogP contribution in [0.3, 0.4) is 0 Å². The first-order valence-corrected chi connectivity index (χ1v) is 6.90. The molecule has 0 bridgehead atoms. The number of ether oxygens (including phenoxy) is 1. The minimum absolute atomic E-state index is 0.193. The Morgan fingerprint density at radius 1 is 1.53 bits per heavy atom. The maximum Gasteiger partial charge on any atom is 0.149 e. The van der Waals surface area contributed by atoms with Crippen LogP contribution in [0.2, 0.25) is 0 Å². The zero-order valence-electron chi connectivity index (χ0n) is 9.60. The lowest BCUT2D eigenvalue weighted by Gasteiger charge is -2.16. The molecule has 0 heterocycles. The summed E-state index contributed by atoms with van der Waals surface area (Å²) in [6, 6.07) is 3.40. The first-order chi connectivity index (χ1) is 7.87. The molecule has 0 aliphatic rings. The number of nitrogens with two attached hydrogens (primary N) is 1. The molecule has 1 rings (SSSR count). The quantitative estimate of drug-likeness (QED) is 0.592. The number of hydrazine groups is 1. The predicted molar refractivity (Wildman–Crippen MR) is 62.7 cm³/mol. The molecule has 1 aromatic carbocycles. The van der Waals surface area contributed by atoms with Crippen LogP contribution in [0.5, 0.6) is 5.75 Å². The van der Waals surface area contributed by atoms with Gasteiger partial charge in [0.25, 0.3) is 0 Å². The van der Waals surface area contributed by atoms with E-state index in [0.717, 1.165) is 6.26 Å². The van der Waals surface area contributed by atoms with Crippen molar-refractivity contribution in [3.05, 3.63) is 29.6 Å². The van der Waals surface area contributed by atoms with Crippen LogP contribution in [0, 0.1) is 5.82 Å². The van der Waals surface area contributed by atoms with Crippen LogP contribution in [0.1, 0.15) is 11.6 Å². The van der Waals surface area contributed by atoms with Gasteiger partial charge in [0.05, 0.1) is 18.9 Å². The van der Waals surface area contributed by atoms with Crippen molar-refractivity contribution >= 4 is 9.84 Å². The monoisotopic (exact) mass is 262 g/mol. The summed E-state index contributed by atoms with van der Waals surface area (Å²) in [4.78, 5) is 0. The molecule has 1 unspecified atom stereocenters. The minimum Gasteiger partial charge on any atom is -0.497 e. The summed E-state index contributed by atoms with van der Waals surface area (Å²) in [5.41, 5.74) is 2.49. The highest BCUT2D eigenvalue weighted by Crippen LogP contribution is 2.22. The van der Waals surface area contributed by atoms with E-state index in [1.165, 1.54) is 19.2 Å². The van der Waals surface area contributed by atoms with Gasteiger partial charge >= 0.3 is 0 Å². The molecule has 0 saturated carbocycles. The first kappa shape index (κ1) is 13.9. The summed E-state index contributed by atoms with van der Waals surface area (Å²) in [5.74, 6) is 4.77. The largest absolute Gasteiger partial charge is 0.497 e. The molecule has 0 aromatic heterocycles. The molecule has 0 radical (unpaired) electrons. The van der Waals surface area contributed by atoms with Gasteiger partial charge in [0.15, 0.2) is 0 Å². The van der Waals surface area contributed by atoms with Crippen LogP contribution in [0.25, 0.3) is 0 Å². The number of methoxy groups -OCH3 is 1. The van der Waals surface area contributed by atoms with Gasteiger partial charge in [0.2, 0.25) is 0 Å². The third-order valence-electron chi connectivity index (χ3n) is 2.25. The number of rotatable bonds is 5. The summed E-state index contributed by atoms with van der Waals surface area (Å²) in [6.45, 7) is 0. The number of hydrogen-bond acceptors (Lipinski definition) is 5. The zero-order chi connectivity index (χ0) is 13.1. The van der Waals surface area contributed by atoms with Gasteiger partial charge in [-0.05, 0) is 6.07 Å². The summed E-state index contributed by atoms with van der Waals surface area (Å²) in [7, 11) is -1.84. The van der Waals surface area contributed by atoms with E-state index >= 15 is 0 Å². The number of hydrogen-bond donors (Lipinski definition) is 2. The highest BCUT2D eigenvalue weighted by Gasteiger charge is 2.19. The zero-order valence-corrected chi connectivity index (χ0v) is 10.4. The van der Waals surface area contributed by atoms with E-state index in [-0.39, 0.29) is 11.3 Å². The number of halogens is 1. The van der Waals surface area contributed by atoms with Crippen molar-refractivity contribution < 1.29 is 17.5 Å². The number of benzene rings is 1. The number of sulfone groups is 1. The molecule has 7 heteroatoms. The third-order valence-corrected chi connectivity index (χ3v) is 3.19. The van der Waals surface area contributed by atoms with Crippen LogP contribution >= 0.6 is 0 Å². The Labute approximate surface area is 99.7 Å². The van der Waals surface area contributed by atoms with Crippen molar-refractivity contribution in [1.29, 1.82) is 0 Å². The smallest absolute Gasteiger partial charge is 0.149 e. The molecule has 5 nitrogen and oxygen atoms in total. The van der Waals surface area contributed by atoms with Gasteiger partial charge < -0.3 is 4.74 Å². The van der Waals surface area contributed by atoms with Crippen molar-refractivity contribution in [2.24, 2.45) is 5.84 Å². The first-order valence-electron chi connectivity index (χ1n) is 4.84. The Bertz CT molecular complexity index is 490. The second-order valence-electron chi connectivity index (χ2n) is 3.70. The van der Waals surface area contributed by atoms with Crippen molar-refractivity contribution in [2.45, 2.75) is 6.04 Å². The lowest BCUT2D eigenvalue weighted by molar-refractivity contribution is 0.409. The van der Waals surface area contributed by atoms with Gasteiger partial charge in [-0.3, -0.25) is 11.3 Å². The molecule has 0 fully saturated rings. The average Bonchev–Trinajstić information content (AvgIpc) is 2.24. The highest BCUT2D eigenvalue weighted by atomic mass is 32.2. The topological polar surface area (TPSA) is 81.4 Å². The van der Waals surface area contributed by atoms with E-state index in [2.05, 4.69) is 5.43 Å². The van der Waals surface area contributed by atoms with Gasteiger partial charge in [0, 0.05) is 17.9 Å². The maximum absolute atomic E-state index is 13.7. The van der Waals surface area contributed by atoms with Gasteiger partial charge in [-0.25, -0.2) is 12.8 Å². The molecule has 0 saturated heterocycles. The molecule has 0 amide bonds. The fraction of sp³-hybridized carbons (Fsp3) is 0.400. The Morgan fingerprint density at radius 2 is 2.18 bits per heavy atom. The summed E-state index contributed by atoms with van der Waals surface area (Å²) < 4.78 is 40.9. The lowest BCUT2D eigenvalue weighted by Crippen LogP contribution is -2.33. The molecular formula is C10H15FN2O3S. The van der Waals surface area contributed by atoms with Crippen molar-refractivity contribution in [3.8, 4) is 5.75 Å². The lowest BCUT2D eigenvalue weighted by atomic mass is 10.1. The highest BCUT2D eigenvalue weighted by molar-refractivity contribution is 7.90. The summed E-state index contributed by atoms with van der Waals surface area (Å²) in [5, 5.41) is 0. The molecule has 0 aliphatic carbocycles. The Hall–Kier alpha value is -1.18. The molecule has 3 N–H and O–H groups in total. The standard InChI is InChI=1S/C10H15FN2O3S/c1-16-7-3-4-8(9(11)5-7)10(13-12)6-17(2,14)15/h3-5,10,13H,6,12H2,1-2H3. The van der Waals surface area contributed by atoms with Crippen LogP contribution in [-0.4, -0.2) is 27.5 Å². The van der Waals surface area contributed by atoms with Crippen LogP contribution < -0.4 is 16.0 Å².